The molecule has 0 radical (unpaired) electrons. The van der Waals surface area contributed by atoms with Gasteiger partial charge < -0.3 is 24.5 Å². The van der Waals surface area contributed by atoms with Crippen LogP contribution in [-0.2, 0) is 14.4 Å². The maximum absolute atomic E-state index is 14.1. The number of nitrogens with zero attached hydrogens (tertiary/aromatic N) is 1. The number of ether oxygens (including phenoxy) is 3. The van der Waals surface area contributed by atoms with E-state index in [1.165, 1.54) is 16.2 Å². The molecule has 2 saturated carbocycles. The van der Waals surface area contributed by atoms with Gasteiger partial charge in [0.25, 0.3) is 5.91 Å². The molecule has 7 atom stereocenters. The Morgan fingerprint density at radius 3 is 2.35 bits per heavy atom. The van der Waals surface area contributed by atoms with Crippen LogP contribution < -0.4 is 29.3 Å². The van der Waals surface area contributed by atoms with Crippen molar-refractivity contribution < 1.29 is 28.6 Å². The zero-order chi connectivity index (χ0) is 33.3. The van der Waals surface area contributed by atoms with Crippen LogP contribution >= 0.6 is 23.1 Å². The van der Waals surface area contributed by atoms with Crippen LogP contribution in [0.3, 0.4) is 0 Å². The van der Waals surface area contributed by atoms with Crippen LogP contribution in [0.2, 0.25) is 0 Å². The minimum absolute atomic E-state index is 0.00490. The average Bonchev–Trinajstić information content (AvgIpc) is 3.83. The van der Waals surface area contributed by atoms with Crippen LogP contribution in [0.1, 0.15) is 28.3 Å². The summed E-state index contributed by atoms with van der Waals surface area (Å²) >= 11 is 2.85. The van der Waals surface area contributed by atoms with E-state index in [9.17, 15) is 19.2 Å². The number of aromatic nitrogens is 1. The fraction of sp³-hybridized carbons (Fsp3) is 0.333. The summed E-state index contributed by atoms with van der Waals surface area (Å²) in [5.74, 6) is -0.0223. The van der Waals surface area contributed by atoms with Crippen molar-refractivity contribution in [3.8, 4) is 17.2 Å². The van der Waals surface area contributed by atoms with Gasteiger partial charge in [0, 0.05) is 21.7 Å². The predicted octanol–water partition coefficient (Wildman–Crippen LogP) is 5.46. The molecule has 3 aromatic carbocycles. The lowest BCUT2D eigenvalue weighted by Crippen LogP contribution is -2.42. The number of H-pyrrole nitrogens is 1. The smallest absolute Gasteiger partial charge is 0.305 e. The number of imide groups is 1. The summed E-state index contributed by atoms with van der Waals surface area (Å²) in [6.07, 6.45) is 0.787. The lowest BCUT2D eigenvalue weighted by Gasteiger charge is -2.43. The van der Waals surface area contributed by atoms with Gasteiger partial charge in [0.05, 0.1) is 36.8 Å². The van der Waals surface area contributed by atoms with Crippen molar-refractivity contribution in [2.24, 2.45) is 29.6 Å². The number of thiazole rings is 1. The van der Waals surface area contributed by atoms with Gasteiger partial charge in [-0.25, -0.2) is 0 Å². The molecule has 246 valence electrons. The van der Waals surface area contributed by atoms with E-state index in [1.54, 1.807) is 56.3 Å². The van der Waals surface area contributed by atoms with Gasteiger partial charge in [-0.2, -0.15) is 0 Å². The number of amides is 3. The van der Waals surface area contributed by atoms with E-state index in [4.69, 9.17) is 14.2 Å². The fourth-order valence-electron chi connectivity index (χ4n) is 8.35. The quantitative estimate of drug-likeness (QED) is 0.235. The molecule has 3 amide bonds. The van der Waals surface area contributed by atoms with Crippen LogP contribution in [0.5, 0.6) is 17.2 Å². The minimum atomic E-state index is -0.414. The number of aromatic amines is 1. The summed E-state index contributed by atoms with van der Waals surface area (Å²) in [7, 11) is 3.13. The Hall–Kier alpha value is -4.55. The Morgan fingerprint density at radius 2 is 1.65 bits per heavy atom. The van der Waals surface area contributed by atoms with Crippen LogP contribution in [0.4, 0.5) is 11.4 Å². The standard InChI is InChI=1S/C36H33N3O7S2/c1-17-4-7-19(8-5-17)37-26(40)16-46-24-13-6-18(14-25(24)45-3)27-28-22-15-23(31(28)47-33-32(27)48-36(43)38-33)30-29(22)34(41)39(35(30)42)20-9-11-21(44-2)12-10-20/h4-14,22-23,27-31H,15-16H2,1-3H3,(H,37,40)(H,38,43)/t22?,23?,27-,28?,29?,30?,31?/m1/s1. The van der Waals surface area contributed by atoms with Gasteiger partial charge in [-0.15, -0.1) is 11.8 Å². The highest BCUT2D eigenvalue weighted by molar-refractivity contribution is 8.00. The molecule has 10 nitrogen and oxygen atoms in total. The highest BCUT2D eigenvalue weighted by Gasteiger charge is 2.69. The first-order valence-electron chi connectivity index (χ1n) is 15.8. The third kappa shape index (κ3) is 4.92. The minimum Gasteiger partial charge on any atom is -0.497 e. The number of benzene rings is 3. The highest BCUT2D eigenvalue weighted by atomic mass is 32.2. The Bertz CT molecular complexity index is 1990. The van der Waals surface area contributed by atoms with Gasteiger partial charge >= 0.3 is 4.87 Å². The van der Waals surface area contributed by atoms with E-state index < -0.39 is 5.92 Å². The molecule has 2 aliphatic carbocycles. The van der Waals surface area contributed by atoms with E-state index in [-0.39, 0.29) is 64.0 Å². The van der Waals surface area contributed by atoms with Gasteiger partial charge in [0.15, 0.2) is 18.1 Å². The molecule has 4 aliphatic rings. The molecule has 1 saturated heterocycles. The number of carbonyl (C=O) groups is 3. The van der Waals surface area contributed by atoms with Crippen molar-refractivity contribution in [3.63, 3.8) is 0 Å². The van der Waals surface area contributed by atoms with E-state index in [2.05, 4.69) is 10.3 Å². The first-order valence-corrected chi connectivity index (χ1v) is 17.5. The van der Waals surface area contributed by atoms with Crippen LogP contribution in [0.15, 0.2) is 76.6 Å². The highest BCUT2D eigenvalue weighted by Crippen LogP contribution is 2.68. The number of hydrogen-bond acceptors (Lipinski definition) is 9. The molecule has 8 rings (SSSR count). The molecule has 2 aliphatic heterocycles. The number of carbonyl (C=O) groups excluding carboxylic acids is 3. The monoisotopic (exact) mass is 683 g/mol. The summed E-state index contributed by atoms with van der Waals surface area (Å²) < 4.78 is 16.9. The van der Waals surface area contributed by atoms with E-state index in [0.29, 0.717) is 28.6 Å². The Labute approximate surface area is 284 Å². The first kappa shape index (κ1) is 30.8. The largest absolute Gasteiger partial charge is 0.497 e. The second-order valence-electron chi connectivity index (χ2n) is 12.8. The number of nitrogens with one attached hydrogen (secondary N) is 2. The summed E-state index contributed by atoms with van der Waals surface area (Å²) in [6.45, 7) is 1.78. The fourth-order valence-corrected chi connectivity index (χ4v) is 11.2. The van der Waals surface area contributed by atoms with Crippen molar-refractivity contribution in [3.05, 3.63) is 92.4 Å². The molecule has 3 fully saturated rings. The molecule has 1 aromatic heterocycles. The number of rotatable bonds is 8. The first-order chi connectivity index (χ1) is 23.2. The molecule has 48 heavy (non-hydrogen) atoms. The van der Waals surface area contributed by atoms with Crippen molar-refractivity contribution in [1.29, 1.82) is 0 Å². The summed E-state index contributed by atoms with van der Waals surface area (Å²) in [6, 6.07) is 20.2. The number of anilines is 2. The van der Waals surface area contributed by atoms with Gasteiger partial charge in [-0.1, -0.05) is 35.1 Å². The molecule has 2 bridgehead atoms. The second kappa shape index (κ2) is 11.9. The number of aryl methyl sites for hydroxylation is 1. The lowest BCUT2D eigenvalue weighted by atomic mass is 9.68. The third-order valence-electron chi connectivity index (χ3n) is 10.3. The maximum atomic E-state index is 14.1. The van der Waals surface area contributed by atoms with Crippen LogP contribution in [-0.4, -0.2) is 48.8 Å². The second-order valence-corrected chi connectivity index (χ2v) is 15.0. The summed E-state index contributed by atoms with van der Waals surface area (Å²) in [5, 5.41) is 3.72. The number of methoxy groups -OCH3 is 2. The van der Waals surface area contributed by atoms with Crippen LogP contribution in [0, 0.1) is 36.5 Å². The van der Waals surface area contributed by atoms with E-state index in [1.807, 2.05) is 43.3 Å². The van der Waals surface area contributed by atoms with Gasteiger partial charge in [-0.3, -0.25) is 24.1 Å². The lowest BCUT2D eigenvalue weighted by molar-refractivity contribution is -0.123. The molecule has 4 aromatic rings. The normalized spacial score (nSPS) is 26.6. The van der Waals surface area contributed by atoms with Crippen molar-refractivity contribution >= 4 is 52.2 Å². The van der Waals surface area contributed by atoms with Crippen molar-refractivity contribution in [2.75, 3.05) is 31.0 Å². The third-order valence-corrected chi connectivity index (χ3v) is 12.9. The molecule has 6 unspecified atom stereocenters. The summed E-state index contributed by atoms with van der Waals surface area (Å²) in [4.78, 5) is 58.5. The SMILES string of the molecule is COc1ccc(N2C(=O)C3C4CC(C3C2=O)C2C4Sc3[nH]c(=O)sc3[C@@H]2c2ccc(OCC(=O)Nc3ccc(C)cc3)c(OC)c2)cc1. The van der Waals surface area contributed by atoms with Gasteiger partial charge in [0.2, 0.25) is 11.8 Å². The zero-order valence-corrected chi connectivity index (χ0v) is 28.1. The summed E-state index contributed by atoms with van der Waals surface area (Å²) in [5.41, 5.74) is 3.27. The number of thioether (sulfide) groups is 1. The van der Waals surface area contributed by atoms with Crippen molar-refractivity contribution in [1.82, 2.24) is 4.98 Å². The van der Waals surface area contributed by atoms with Crippen molar-refractivity contribution in [2.45, 2.75) is 29.5 Å². The van der Waals surface area contributed by atoms with Gasteiger partial charge in [-0.05, 0) is 85.2 Å². The molecule has 12 heteroatoms. The average molecular weight is 684 g/mol. The molecule has 3 heterocycles. The van der Waals surface area contributed by atoms with E-state index >= 15 is 0 Å². The van der Waals surface area contributed by atoms with Gasteiger partial charge in [0.1, 0.15) is 5.75 Å². The molecular formula is C36H33N3O7S2. The van der Waals surface area contributed by atoms with E-state index in [0.717, 1.165) is 27.5 Å². The Morgan fingerprint density at radius 1 is 0.917 bits per heavy atom. The molecule has 0 spiro atoms. The number of fused-ring (bicyclic) bond motifs is 9. The topological polar surface area (TPSA) is 127 Å². The Balaban J connectivity index is 1.08. The zero-order valence-electron chi connectivity index (χ0n) is 26.4. The molecular weight excluding hydrogens is 651 g/mol. The molecule has 2 N–H and O–H groups in total. The Kier molecular flexibility index (Phi) is 7.59. The van der Waals surface area contributed by atoms with Crippen LogP contribution in [0.25, 0.3) is 0 Å². The number of hydrogen-bond donors (Lipinski definition) is 2. The predicted molar refractivity (Wildman–Crippen MR) is 182 cm³/mol. The maximum Gasteiger partial charge on any atom is 0.305 e.